The van der Waals surface area contributed by atoms with Gasteiger partial charge in [0, 0.05) is 57.4 Å². The number of carbonyl (C=O) groups is 1. The van der Waals surface area contributed by atoms with Crippen LogP contribution in [0.3, 0.4) is 0 Å². The van der Waals surface area contributed by atoms with Gasteiger partial charge in [-0.25, -0.2) is 0 Å². The van der Waals surface area contributed by atoms with E-state index in [0.29, 0.717) is 45.9 Å². The van der Waals surface area contributed by atoms with Crippen LogP contribution in [0.25, 0.3) is 0 Å². The summed E-state index contributed by atoms with van der Waals surface area (Å²) in [7, 11) is 0. The van der Waals surface area contributed by atoms with Gasteiger partial charge in [-0.1, -0.05) is 6.07 Å². The van der Waals surface area contributed by atoms with Gasteiger partial charge in [-0.15, -0.1) is 0 Å². The number of hydrogen-bond acceptors (Lipinski definition) is 6. The van der Waals surface area contributed by atoms with Crippen molar-refractivity contribution in [2.75, 3.05) is 65.6 Å². The molecular formula is C29H38F3N3O4. The van der Waals surface area contributed by atoms with Crippen molar-refractivity contribution in [1.29, 1.82) is 0 Å². The first-order valence-corrected chi connectivity index (χ1v) is 13.5. The van der Waals surface area contributed by atoms with Crippen molar-refractivity contribution in [1.82, 2.24) is 14.7 Å². The van der Waals surface area contributed by atoms with Crippen molar-refractivity contribution in [3.8, 4) is 5.75 Å². The highest BCUT2D eigenvalue weighted by atomic mass is 19.4. The van der Waals surface area contributed by atoms with Crippen LogP contribution in [0.4, 0.5) is 13.2 Å². The summed E-state index contributed by atoms with van der Waals surface area (Å²) >= 11 is 0. The van der Waals surface area contributed by atoms with Gasteiger partial charge in [0.2, 0.25) is 0 Å². The zero-order valence-electron chi connectivity index (χ0n) is 22.8. The van der Waals surface area contributed by atoms with Crippen LogP contribution in [0, 0.1) is 13.8 Å². The number of morpholine rings is 1. The third kappa shape index (κ3) is 7.30. The third-order valence-electron chi connectivity index (χ3n) is 7.84. The number of aliphatic hydroxyl groups excluding tert-OH is 1. The zero-order chi connectivity index (χ0) is 28.2. The van der Waals surface area contributed by atoms with E-state index in [0.717, 1.165) is 42.1 Å². The summed E-state index contributed by atoms with van der Waals surface area (Å²) in [5, 5.41) is 10.4. The third-order valence-corrected chi connectivity index (χ3v) is 7.84. The summed E-state index contributed by atoms with van der Waals surface area (Å²) in [6, 6.07) is 8.54. The molecule has 214 valence electrons. The summed E-state index contributed by atoms with van der Waals surface area (Å²) in [6.45, 7) is 12.4. The Kier molecular flexibility index (Phi) is 9.53. The molecule has 2 fully saturated rings. The van der Waals surface area contributed by atoms with E-state index in [1.54, 1.807) is 4.90 Å². The average Bonchev–Trinajstić information content (AvgIpc) is 2.93. The Hall–Kier alpha value is -2.66. The molecule has 10 heteroatoms. The first-order valence-electron chi connectivity index (χ1n) is 13.5. The van der Waals surface area contributed by atoms with Gasteiger partial charge in [-0.05, 0) is 67.8 Å². The van der Waals surface area contributed by atoms with Crippen LogP contribution in [-0.2, 0) is 10.9 Å². The normalized spacial score (nSPS) is 19.1. The number of ether oxygens (including phenoxy) is 2. The second-order valence-corrected chi connectivity index (χ2v) is 10.4. The minimum atomic E-state index is -4.42. The molecule has 7 nitrogen and oxygen atoms in total. The lowest BCUT2D eigenvalue weighted by atomic mass is 9.96. The molecule has 2 aromatic rings. The summed E-state index contributed by atoms with van der Waals surface area (Å²) in [5.74, 6) is 0.511. The van der Waals surface area contributed by atoms with Gasteiger partial charge >= 0.3 is 6.18 Å². The summed E-state index contributed by atoms with van der Waals surface area (Å²) < 4.78 is 49.8. The van der Waals surface area contributed by atoms with Crippen LogP contribution >= 0.6 is 0 Å². The number of β-amino-alcohol motifs (C(OH)–C–C–N with tert-alkyl or cyclic N) is 1. The van der Waals surface area contributed by atoms with Gasteiger partial charge in [-0.2, -0.15) is 13.2 Å². The summed E-state index contributed by atoms with van der Waals surface area (Å²) in [4.78, 5) is 19.0. The van der Waals surface area contributed by atoms with E-state index in [4.69, 9.17) is 9.47 Å². The number of hydrogen-bond donors (Lipinski definition) is 1. The van der Waals surface area contributed by atoms with E-state index in [1.807, 2.05) is 13.0 Å². The molecule has 2 aliphatic heterocycles. The minimum Gasteiger partial charge on any atom is -0.491 e. The molecule has 0 bridgehead atoms. The fraction of sp³-hybridized carbons (Fsp3) is 0.552. The highest BCUT2D eigenvalue weighted by Crippen LogP contribution is 2.32. The van der Waals surface area contributed by atoms with Crippen LogP contribution < -0.4 is 4.74 Å². The molecule has 2 heterocycles. The Morgan fingerprint density at radius 2 is 1.62 bits per heavy atom. The van der Waals surface area contributed by atoms with Gasteiger partial charge in [-0.3, -0.25) is 14.6 Å². The molecule has 39 heavy (non-hydrogen) atoms. The molecule has 2 atom stereocenters. The van der Waals surface area contributed by atoms with Crippen LogP contribution in [0.1, 0.15) is 45.6 Å². The number of alkyl halides is 3. The Morgan fingerprint density at radius 1 is 0.974 bits per heavy atom. The SMILES string of the molecule is Cc1c(OC[C@H](O)CN2CCOCC2)ccc(C(C)N2CCN(C(=O)c3ccc(C(F)(F)F)cc3)CC2)c1C. The molecule has 0 aromatic heterocycles. The highest BCUT2D eigenvalue weighted by Gasteiger charge is 2.31. The van der Waals surface area contributed by atoms with E-state index >= 15 is 0 Å². The monoisotopic (exact) mass is 549 g/mol. The van der Waals surface area contributed by atoms with Gasteiger partial charge in [0.25, 0.3) is 5.91 Å². The molecule has 1 amide bonds. The van der Waals surface area contributed by atoms with Gasteiger partial charge in [0.05, 0.1) is 18.8 Å². The topological polar surface area (TPSA) is 65.5 Å². The second kappa shape index (κ2) is 12.7. The number of halogens is 3. The lowest BCUT2D eigenvalue weighted by molar-refractivity contribution is -0.137. The van der Waals surface area contributed by atoms with Crippen molar-refractivity contribution in [2.45, 2.75) is 39.1 Å². The molecule has 1 unspecified atom stereocenters. The molecule has 0 radical (unpaired) electrons. The molecule has 2 aliphatic rings. The largest absolute Gasteiger partial charge is 0.491 e. The van der Waals surface area contributed by atoms with Crippen LogP contribution in [0.2, 0.25) is 0 Å². The summed E-state index contributed by atoms with van der Waals surface area (Å²) in [5.41, 5.74) is 2.85. The van der Waals surface area contributed by atoms with E-state index in [1.165, 1.54) is 17.7 Å². The van der Waals surface area contributed by atoms with Crippen molar-refractivity contribution < 1.29 is 32.5 Å². The summed E-state index contributed by atoms with van der Waals surface area (Å²) in [6.07, 6.45) is -5.00. The molecule has 0 aliphatic carbocycles. The number of amides is 1. The lowest BCUT2D eigenvalue weighted by Gasteiger charge is -2.39. The average molecular weight is 550 g/mol. The Morgan fingerprint density at radius 3 is 2.23 bits per heavy atom. The van der Waals surface area contributed by atoms with Crippen LogP contribution in [0.5, 0.6) is 5.75 Å². The molecular weight excluding hydrogens is 511 g/mol. The molecule has 1 N–H and O–H groups in total. The van der Waals surface area contributed by atoms with Gasteiger partial charge < -0.3 is 19.5 Å². The molecule has 0 saturated carbocycles. The van der Waals surface area contributed by atoms with Gasteiger partial charge in [0.1, 0.15) is 18.5 Å². The van der Waals surface area contributed by atoms with Crippen molar-refractivity contribution in [2.24, 2.45) is 0 Å². The van der Waals surface area contributed by atoms with Crippen LogP contribution in [-0.4, -0.2) is 97.5 Å². The van der Waals surface area contributed by atoms with Crippen LogP contribution in [0.15, 0.2) is 36.4 Å². The number of benzene rings is 2. The van der Waals surface area contributed by atoms with Crippen molar-refractivity contribution in [3.63, 3.8) is 0 Å². The molecule has 0 spiro atoms. The maximum absolute atomic E-state index is 12.9. The Bertz CT molecular complexity index is 1110. The van der Waals surface area contributed by atoms with E-state index in [2.05, 4.69) is 29.7 Å². The van der Waals surface area contributed by atoms with Crippen molar-refractivity contribution >= 4 is 5.91 Å². The highest BCUT2D eigenvalue weighted by molar-refractivity contribution is 5.94. The number of rotatable bonds is 8. The quantitative estimate of drug-likeness (QED) is 0.539. The van der Waals surface area contributed by atoms with E-state index < -0.39 is 17.8 Å². The van der Waals surface area contributed by atoms with E-state index in [-0.39, 0.29) is 24.1 Å². The molecule has 2 aromatic carbocycles. The number of piperazine rings is 1. The van der Waals surface area contributed by atoms with Crippen molar-refractivity contribution in [3.05, 3.63) is 64.2 Å². The number of carbonyl (C=O) groups excluding carboxylic acids is 1. The first-order chi connectivity index (χ1) is 18.5. The standard InChI is InChI=1S/C29H38F3N3O4/c1-20-21(2)27(39-19-25(36)18-33-14-16-38-17-15-33)9-8-26(20)22(3)34-10-12-35(13-11-34)28(37)23-4-6-24(7-5-23)29(30,31)32/h4-9,22,25,36H,10-19H2,1-3H3/t22?,25-/m1/s1. The Labute approximate surface area is 228 Å². The first kappa shape index (κ1) is 29.3. The zero-order valence-corrected chi connectivity index (χ0v) is 22.8. The predicted molar refractivity (Wildman–Crippen MR) is 142 cm³/mol. The fourth-order valence-electron chi connectivity index (χ4n) is 5.24. The Balaban J connectivity index is 1.30. The molecule has 4 rings (SSSR count). The maximum atomic E-state index is 12.9. The smallest absolute Gasteiger partial charge is 0.416 e. The second-order valence-electron chi connectivity index (χ2n) is 10.4. The molecule has 2 saturated heterocycles. The predicted octanol–water partition coefficient (Wildman–Crippen LogP) is 3.91. The number of aliphatic hydroxyl groups is 1. The lowest BCUT2D eigenvalue weighted by Crippen LogP contribution is -2.49. The van der Waals surface area contributed by atoms with E-state index in [9.17, 15) is 23.1 Å². The van der Waals surface area contributed by atoms with Gasteiger partial charge in [0.15, 0.2) is 0 Å². The maximum Gasteiger partial charge on any atom is 0.416 e. The number of nitrogens with zero attached hydrogens (tertiary/aromatic N) is 3. The fourth-order valence-corrected chi connectivity index (χ4v) is 5.24. The minimum absolute atomic E-state index is 0.119.